The van der Waals surface area contributed by atoms with E-state index in [1.54, 1.807) is 19.2 Å². The van der Waals surface area contributed by atoms with E-state index in [2.05, 4.69) is 10.3 Å². The molecule has 7 nitrogen and oxygen atoms in total. The number of aliphatic hydroxyl groups is 1. The van der Waals surface area contributed by atoms with Crippen LogP contribution in [0.5, 0.6) is 0 Å². The molecule has 0 bridgehead atoms. The van der Waals surface area contributed by atoms with Crippen LogP contribution in [0.3, 0.4) is 0 Å². The molecule has 1 atom stereocenters. The number of rotatable bonds is 6. The minimum Gasteiger partial charge on any atom is -0.388 e. The molecule has 0 aliphatic heterocycles. The molecule has 7 heteroatoms. The Balaban J connectivity index is 2.11. The van der Waals surface area contributed by atoms with E-state index >= 15 is 0 Å². The minimum atomic E-state index is -0.978. The van der Waals surface area contributed by atoms with E-state index in [1.165, 1.54) is 12.1 Å². The minimum absolute atomic E-state index is 0.0125. The normalized spacial score (nSPS) is 14.0. The van der Waals surface area contributed by atoms with Crippen molar-refractivity contribution in [3.05, 3.63) is 40.1 Å². The molecule has 0 fully saturated rings. The lowest BCUT2D eigenvalue weighted by atomic mass is 9.92. The number of aromatic amines is 1. The van der Waals surface area contributed by atoms with E-state index in [9.17, 15) is 20.0 Å². The number of amides is 1. The number of hydrogen-bond donors (Lipinski definition) is 3. The summed E-state index contributed by atoms with van der Waals surface area (Å²) in [5, 5.41) is 24.4. The van der Waals surface area contributed by atoms with Crippen LogP contribution in [-0.2, 0) is 11.2 Å². The standard InChI is InChI=1S/C16H21N3O4/c1-10(2)16(3,21)9-18-15(20)6-11-8-17-14-5-4-12(19(22)23)7-13(11)14/h4-5,7-8,10,17,21H,6,9H2,1-3H3,(H,18,20). The zero-order valence-corrected chi connectivity index (χ0v) is 13.4. The Morgan fingerprint density at radius 2 is 2.17 bits per heavy atom. The van der Waals surface area contributed by atoms with Crippen LogP contribution in [0.25, 0.3) is 10.9 Å². The number of nitrogens with zero attached hydrogens (tertiary/aromatic N) is 1. The summed E-state index contributed by atoms with van der Waals surface area (Å²) in [7, 11) is 0. The van der Waals surface area contributed by atoms with Crippen LogP contribution in [0.4, 0.5) is 5.69 Å². The number of nitro groups is 1. The van der Waals surface area contributed by atoms with Gasteiger partial charge in [-0.05, 0) is 24.5 Å². The summed E-state index contributed by atoms with van der Waals surface area (Å²) in [5.74, 6) is -0.225. The second kappa shape index (κ2) is 6.37. The van der Waals surface area contributed by atoms with Crippen molar-refractivity contribution in [2.45, 2.75) is 32.8 Å². The molecule has 2 rings (SSSR count). The van der Waals surface area contributed by atoms with Crippen LogP contribution in [0, 0.1) is 16.0 Å². The third kappa shape index (κ3) is 3.87. The molecular weight excluding hydrogens is 298 g/mol. The van der Waals surface area contributed by atoms with E-state index in [1.807, 2.05) is 13.8 Å². The van der Waals surface area contributed by atoms with E-state index in [0.717, 1.165) is 5.52 Å². The first-order valence-corrected chi connectivity index (χ1v) is 7.44. The molecule has 0 spiro atoms. The number of carbonyl (C=O) groups excluding carboxylic acids is 1. The number of carbonyl (C=O) groups is 1. The summed E-state index contributed by atoms with van der Waals surface area (Å²) in [6.07, 6.45) is 1.77. The zero-order valence-electron chi connectivity index (χ0n) is 13.4. The van der Waals surface area contributed by atoms with Crippen molar-refractivity contribution in [1.82, 2.24) is 10.3 Å². The second-order valence-corrected chi connectivity index (χ2v) is 6.27. The van der Waals surface area contributed by atoms with Gasteiger partial charge in [0.2, 0.25) is 5.91 Å². The largest absolute Gasteiger partial charge is 0.388 e. The van der Waals surface area contributed by atoms with Crippen LogP contribution in [0.1, 0.15) is 26.3 Å². The Kier molecular flexibility index (Phi) is 4.70. The molecule has 1 amide bonds. The van der Waals surface area contributed by atoms with Crippen LogP contribution >= 0.6 is 0 Å². The number of H-pyrrole nitrogens is 1. The first-order valence-electron chi connectivity index (χ1n) is 7.44. The fourth-order valence-corrected chi connectivity index (χ4v) is 2.14. The average Bonchev–Trinajstić information content (AvgIpc) is 2.87. The maximum atomic E-state index is 12.1. The number of nitrogens with one attached hydrogen (secondary N) is 2. The molecular formula is C16H21N3O4. The number of benzene rings is 1. The molecule has 0 saturated heterocycles. The maximum absolute atomic E-state index is 12.1. The number of nitro benzene ring substituents is 1. The molecule has 124 valence electrons. The van der Waals surface area contributed by atoms with Crippen molar-refractivity contribution in [2.24, 2.45) is 5.92 Å². The molecule has 0 aliphatic carbocycles. The van der Waals surface area contributed by atoms with E-state index in [4.69, 9.17) is 0 Å². The SMILES string of the molecule is CC(C)C(C)(O)CNC(=O)Cc1c[nH]c2ccc([N+](=O)[O-])cc12. The van der Waals surface area contributed by atoms with E-state index < -0.39 is 10.5 Å². The van der Waals surface area contributed by atoms with Gasteiger partial charge in [-0.1, -0.05) is 13.8 Å². The van der Waals surface area contributed by atoms with Crippen molar-refractivity contribution >= 4 is 22.5 Å². The first-order chi connectivity index (χ1) is 10.7. The van der Waals surface area contributed by atoms with Crippen LogP contribution < -0.4 is 5.32 Å². The van der Waals surface area contributed by atoms with E-state index in [-0.39, 0.29) is 30.5 Å². The van der Waals surface area contributed by atoms with Gasteiger partial charge in [0.15, 0.2) is 0 Å². The van der Waals surface area contributed by atoms with Crippen LogP contribution in [0.15, 0.2) is 24.4 Å². The molecule has 0 aliphatic rings. The zero-order chi connectivity index (χ0) is 17.2. The third-order valence-corrected chi connectivity index (χ3v) is 4.20. The van der Waals surface area contributed by atoms with Gasteiger partial charge in [0.25, 0.3) is 5.69 Å². The molecule has 0 radical (unpaired) electrons. The van der Waals surface area contributed by atoms with Crippen LogP contribution in [0.2, 0.25) is 0 Å². The Morgan fingerprint density at radius 3 is 2.78 bits per heavy atom. The van der Waals surface area contributed by atoms with Gasteiger partial charge in [-0.2, -0.15) is 0 Å². The highest BCUT2D eigenvalue weighted by atomic mass is 16.6. The average molecular weight is 319 g/mol. The summed E-state index contributed by atoms with van der Waals surface area (Å²) in [6.45, 7) is 5.59. The van der Waals surface area contributed by atoms with Gasteiger partial charge in [0, 0.05) is 35.8 Å². The van der Waals surface area contributed by atoms with Gasteiger partial charge in [0.05, 0.1) is 16.9 Å². The topological polar surface area (TPSA) is 108 Å². The number of hydrogen-bond acceptors (Lipinski definition) is 4. The molecule has 0 saturated carbocycles. The molecule has 2 aromatic rings. The van der Waals surface area contributed by atoms with Gasteiger partial charge in [0.1, 0.15) is 0 Å². The predicted molar refractivity (Wildman–Crippen MR) is 87.1 cm³/mol. The molecule has 23 heavy (non-hydrogen) atoms. The van der Waals surface area contributed by atoms with Crippen molar-refractivity contribution in [3.63, 3.8) is 0 Å². The van der Waals surface area contributed by atoms with Gasteiger partial charge < -0.3 is 15.4 Å². The third-order valence-electron chi connectivity index (χ3n) is 4.20. The Morgan fingerprint density at radius 1 is 1.48 bits per heavy atom. The van der Waals surface area contributed by atoms with Gasteiger partial charge in [-0.15, -0.1) is 0 Å². The Labute approximate surface area is 133 Å². The fourth-order valence-electron chi connectivity index (χ4n) is 2.14. The number of non-ortho nitro benzene ring substituents is 1. The highest BCUT2D eigenvalue weighted by molar-refractivity contribution is 5.90. The summed E-state index contributed by atoms with van der Waals surface area (Å²) >= 11 is 0. The summed E-state index contributed by atoms with van der Waals surface area (Å²) in [6, 6.07) is 4.50. The predicted octanol–water partition coefficient (Wildman–Crippen LogP) is 2.14. The summed E-state index contributed by atoms with van der Waals surface area (Å²) in [4.78, 5) is 25.5. The van der Waals surface area contributed by atoms with Crippen molar-refractivity contribution < 1.29 is 14.8 Å². The highest BCUT2D eigenvalue weighted by Crippen LogP contribution is 2.24. The molecule has 3 N–H and O–H groups in total. The van der Waals surface area contributed by atoms with E-state index in [0.29, 0.717) is 10.9 Å². The number of fused-ring (bicyclic) bond motifs is 1. The first kappa shape index (κ1) is 17.0. The lowest BCUT2D eigenvalue weighted by molar-refractivity contribution is -0.384. The Hall–Kier alpha value is -2.41. The molecule has 1 aromatic heterocycles. The van der Waals surface area contributed by atoms with Crippen LogP contribution in [-0.4, -0.2) is 33.1 Å². The smallest absolute Gasteiger partial charge is 0.270 e. The molecule has 1 heterocycles. The maximum Gasteiger partial charge on any atom is 0.270 e. The Bertz CT molecular complexity index is 734. The molecule has 1 aromatic carbocycles. The monoisotopic (exact) mass is 319 g/mol. The van der Waals surface area contributed by atoms with Crippen molar-refractivity contribution in [3.8, 4) is 0 Å². The summed E-state index contributed by atoms with van der Waals surface area (Å²) in [5.41, 5.74) is 0.439. The second-order valence-electron chi connectivity index (χ2n) is 6.27. The van der Waals surface area contributed by atoms with Gasteiger partial charge >= 0.3 is 0 Å². The fraction of sp³-hybridized carbons (Fsp3) is 0.438. The van der Waals surface area contributed by atoms with Gasteiger partial charge in [-0.3, -0.25) is 14.9 Å². The summed E-state index contributed by atoms with van der Waals surface area (Å²) < 4.78 is 0. The lowest BCUT2D eigenvalue weighted by Gasteiger charge is -2.27. The quantitative estimate of drug-likeness (QED) is 0.560. The van der Waals surface area contributed by atoms with Crippen molar-refractivity contribution in [1.29, 1.82) is 0 Å². The van der Waals surface area contributed by atoms with Gasteiger partial charge in [-0.25, -0.2) is 0 Å². The number of aromatic nitrogens is 1. The highest BCUT2D eigenvalue weighted by Gasteiger charge is 2.25. The molecule has 1 unspecified atom stereocenters. The van der Waals surface area contributed by atoms with Crippen molar-refractivity contribution in [2.75, 3.05) is 6.54 Å². The lowest BCUT2D eigenvalue weighted by Crippen LogP contribution is -2.44.